The van der Waals surface area contributed by atoms with Crippen LogP contribution in [0.15, 0.2) is 23.6 Å². The minimum atomic E-state index is -0.526. The van der Waals surface area contributed by atoms with Crippen molar-refractivity contribution >= 4 is 39.9 Å². The summed E-state index contributed by atoms with van der Waals surface area (Å²) in [6, 6.07) is 5.00. The highest BCUT2D eigenvalue weighted by molar-refractivity contribution is 7.13. The molecule has 3 rings (SSSR count). The van der Waals surface area contributed by atoms with Gasteiger partial charge in [-0.25, -0.2) is 4.98 Å². The van der Waals surface area contributed by atoms with Gasteiger partial charge in [0.15, 0.2) is 5.13 Å². The van der Waals surface area contributed by atoms with Crippen molar-refractivity contribution in [2.75, 3.05) is 17.7 Å². The van der Waals surface area contributed by atoms with Crippen molar-refractivity contribution in [1.82, 2.24) is 10.3 Å². The lowest BCUT2D eigenvalue weighted by molar-refractivity contribution is -0.122. The first-order chi connectivity index (χ1) is 12.9. The second-order valence-electron chi connectivity index (χ2n) is 6.22. The van der Waals surface area contributed by atoms with Gasteiger partial charge in [-0.3, -0.25) is 14.4 Å². The van der Waals surface area contributed by atoms with Gasteiger partial charge < -0.3 is 20.7 Å². The number of ether oxygens (including phenoxy) is 1. The van der Waals surface area contributed by atoms with Gasteiger partial charge in [-0.2, -0.15) is 0 Å². The van der Waals surface area contributed by atoms with Crippen LogP contribution in [0, 0.1) is 6.92 Å². The highest BCUT2D eigenvalue weighted by Crippen LogP contribution is 2.25. The second kappa shape index (κ2) is 8.17. The number of carbonyl (C=O) groups is 3. The number of thiazole rings is 1. The van der Waals surface area contributed by atoms with Crippen LogP contribution >= 0.6 is 11.3 Å². The van der Waals surface area contributed by atoms with Crippen molar-refractivity contribution in [3.05, 3.63) is 34.8 Å². The number of aryl methyl sites for hydroxylation is 1. The van der Waals surface area contributed by atoms with Gasteiger partial charge in [-0.1, -0.05) is 6.07 Å². The zero-order valence-electron chi connectivity index (χ0n) is 15.0. The average Bonchev–Trinajstić information content (AvgIpc) is 3.24. The Labute approximate surface area is 160 Å². The molecular weight excluding hydrogens is 368 g/mol. The normalized spacial score (nSPS) is 15.9. The first-order valence-corrected chi connectivity index (χ1v) is 9.31. The third-order valence-electron chi connectivity index (χ3n) is 4.06. The molecule has 142 valence electrons. The van der Waals surface area contributed by atoms with E-state index < -0.39 is 6.04 Å². The Balaban J connectivity index is 1.57. The Hall–Kier alpha value is -2.94. The monoisotopic (exact) mass is 388 g/mol. The van der Waals surface area contributed by atoms with Crippen LogP contribution in [0.5, 0.6) is 5.75 Å². The van der Waals surface area contributed by atoms with E-state index in [9.17, 15) is 14.4 Å². The maximum absolute atomic E-state index is 12.3. The van der Waals surface area contributed by atoms with E-state index in [1.165, 1.54) is 11.3 Å². The minimum absolute atomic E-state index is 0.0730. The lowest BCUT2D eigenvalue weighted by atomic mass is 10.2. The third-order valence-corrected chi connectivity index (χ3v) is 4.87. The summed E-state index contributed by atoms with van der Waals surface area (Å²) < 4.78 is 5.25. The van der Waals surface area contributed by atoms with Gasteiger partial charge in [0.25, 0.3) is 0 Å². The van der Waals surface area contributed by atoms with E-state index in [1.54, 1.807) is 18.6 Å². The third kappa shape index (κ3) is 4.82. The molecule has 1 aromatic heterocycles. The van der Waals surface area contributed by atoms with Crippen molar-refractivity contribution in [3.8, 4) is 5.75 Å². The molecule has 1 fully saturated rings. The largest absolute Gasteiger partial charge is 0.495 e. The van der Waals surface area contributed by atoms with E-state index in [0.29, 0.717) is 35.1 Å². The average molecular weight is 388 g/mol. The van der Waals surface area contributed by atoms with Gasteiger partial charge in [-0.15, -0.1) is 11.3 Å². The van der Waals surface area contributed by atoms with Crippen LogP contribution in [0.1, 0.15) is 24.1 Å². The smallest absolute Gasteiger partial charge is 0.248 e. The Morgan fingerprint density at radius 1 is 1.37 bits per heavy atom. The molecule has 3 amide bonds. The summed E-state index contributed by atoms with van der Waals surface area (Å²) in [7, 11) is 1.54. The molecule has 3 N–H and O–H groups in total. The standard InChI is InChI=1S/C18H20N4O4S/c1-10-3-5-14(26-2)13(7-10)21-16(24)8-11-9-27-18(19-11)22-17(25)12-4-6-15(23)20-12/h3,5,7,9,12H,4,6,8H2,1-2H3,(H,20,23)(H,21,24)(H,19,22,25). The quantitative estimate of drug-likeness (QED) is 0.700. The maximum Gasteiger partial charge on any atom is 0.248 e. The molecule has 0 spiro atoms. The second-order valence-corrected chi connectivity index (χ2v) is 7.08. The SMILES string of the molecule is COc1ccc(C)cc1NC(=O)Cc1csc(NC(=O)C2CCC(=O)N2)n1. The van der Waals surface area contributed by atoms with Gasteiger partial charge in [0.1, 0.15) is 11.8 Å². The molecular formula is C18H20N4O4S. The van der Waals surface area contributed by atoms with Gasteiger partial charge in [0.2, 0.25) is 17.7 Å². The van der Waals surface area contributed by atoms with Crippen LogP contribution in [0.2, 0.25) is 0 Å². The van der Waals surface area contributed by atoms with E-state index in [-0.39, 0.29) is 24.1 Å². The molecule has 1 aliphatic heterocycles. The van der Waals surface area contributed by atoms with Crippen molar-refractivity contribution in [2.24, 2.45) is 0 Å². The van der Waals surface area contributed by atoms with Crippen LogP contribution in [0.4, 0.5) is 10.8 Å². The van der Waals surface area contributed by atoms with Gasteiger partial charge in [0, 0.05) is 11.8 Å². The van der Waals surface area contributed by atoms with Crippen LogP contribution in [0.25, 0.3) is 0 Å². The van der Waals surface area contributed by atoms with E-state index in [0.717, 1.165) is 5.56 Å². The van der Waals surface area contributed by atoms with Gasteiger partial charge >= 0.3 is 0 Å². The number of aromatic nitrogens is 1. The predicted octanol–water partition coefficient (Wildman–Crippen LogP) is 1.86. The van der Waals surface area contributed by atoms with Crippen molar-refractivity contribution in [3.63, 3.8) is 0 Å². The fourth-order valence-corrected chi connectivity index (χ4v) is 3.44. The number of benzene rings is 1. The topological polar surface area (TPSA) is 109 Å². The highest BCUT2D eigenvalue weighted by atomic mass is 32.1. The number of nitrogens with zero attached hydrogens (tertiary/aromatic N) is 1. The molecule has 8 nitrogen and oxygen atoms in total. The summed E-state index contributed by atoms with van der Waals surface area (Å²) in [5.41, 5.74) is 2.15. The summed E-state index contributed by atoms with van der Waals surface area (Å²) in [5.74, 6) is -0.0714. The molecule has 1 aromatic carbocycles. The zero-order chi connectivity index (χ0) is 19.4. The lowest BCUT2D eigenvalue weighted by Gasteiger charge is -2.10. The fraction of sp³-hybridized carbons (Fsp3) is 0.333. The highest BCUT2D eigenvalue weighted by Gasteiger charge is 2.27. The number of methoxy groups -OCH3 is 1. The molecule has 0 aliphatic carbocycles. The van der Waals surface area contributed by atoms with Crippen LogP contribution < -0.4 is 20.7 Å². The fourth-order valence-electron chi connectivity index (χ4n) is 2.73. The summed E-state index contributed by atoms with van der Waals surface area (Å²) in [5, 5.41) is 10.2. The minimum Gasteiger partial charge on any atom is -0.495 e. The number of rotatable bonds is 6. The summed E-state index contributed by atoms with van der Waals surface area (Å²) in [4.78, 5) is 39.8. The first-order valence-electron chi connectivity index (χ1n) is 8.43. The molecule has 1 saturated heterocycles. The Morgan fingerprint density at radius 2 is 2.19 bits per heavy atom. The zero-order valence-corrected chi connectivity index (χ0v) is 15.8. The molecule has 1 unspecified atom stereocenters. The maximum atomic E-state index is 12.3. The Bertz CT molecular complexity index is 880. The molecule has 0 bridgehead atoms. The first kappa shape index (κ1) is 18.8. The molecule has 2 aromatic rings. The van der Waals surface area contributed by atoms with Crippen molar-refractivity contribution in [2.45, 2.75) is 32.2 Å². The summed E-state index contributed by atoms with van der Waals surface area (Å²) >= 11 is 1.24. The summed E-state index contributed by atoms with van der Waals surface area (Å²) in [6.07, 6.45) is 0.900. The summed E-state index contributed by atoms with van der Waals surface area (Å²) in [6.45, 7) is 1.93. The van der Waals surface area contributed by atoms with E-state index >= 15 is 0 Å². The molecule has 0 radical (unpaired) electrons. The van der Waals surface area contributed by atoms with E-state index in [4.69, 9.17) is 4.74 Å². The number of hydrogen-bond donors (Lipinski definition) is 3. The molecule has 1 atom stereocenters. The van der Waals surface area contributed by atoms with Gasteiger partial charge in [-0.05, 0) is 31.0 Å². The van der Waals surface area contributed by atoms with E-state index in [2.05, 4.69) is 20.9 Å². The number of carbonyl (C=O) groups excluding carboxylic acids is 3. The van der Waals surface area contributed by atoms with Crippen molar-refractivity contribution < 1.29 is 19.1 Å². The lowest BCUT2D eigenvalue weighted by Crippen LogP contribution is -2.37. The van der Waals surface area contributed by atoms with Gasteiger partial charge in [0.05, 0.1) is 24.9 Å². The predicted molar refractivity (Wildman–Crippen MR) is 102 cm³/mol. The molecule has 2 heterocycles. The van der Waals surface area contributed by atoms with E-state index in [1.807, 2.05) is 19.1 Å². The molecule has 1 aliphatic rings. The van der Waals surface area contributed by atoms with Crippen LogP contribution in [0.3, 0.4) is 0 Å². The number of hydrogen-bond acceptors (Lipinski definition) is 6. The van der Waals surface area contributed by atoms with Crippen molar-refractivity contribution in [1.29, 1.82) is 0 Å². The number of nitrogens with one attached hydrogen (secondary N) is 3. The Morgan fingerprint density at radius 3 is 2.89 bits per heavy atom. The Kier molecular flexibility index (Phi) is 5.70. The molecule has 9 heteroatoms. The number of anilines is 2. The number of amides is 3. The molecule has 0 saturated carbocycles. The molecule has 27 heavy (non-hydrogen) atoms. The van der Waals surface area contributed by atoms with Crippen LogP contribution in [-0.4, -0.2) is 35.9 Å². The van der Waals surface area contributed by atoms with Crippen LogP contribution in [-0.2, 0) is 20.8 Å².